The number of benzene rings is 1. The first-order valence-corrected chi connectivity index (χ1v) is 8.13. The number of rotatable bonds is 4. The van der Waals surface area contributed by atoms with Gasteiger partial charge in [-0.05, 0) is 37.3 Å². The van der Waals surface area contributed by atoms with Gasteiger partial charge >= 0.3 is 0 Å². The summed E-state index contributed by atoms with van der Waals surface area (Å²) in [6, 6.07) is 12.5. The number of nitrogens with zero attached hydrogens (tertiary/aromatic N) is 3. The molecule has 2 heterocycles. The van der Waals surface area contributed by atoms with E-state index < -0.39 is 0 Å². The summed E-state index contributed by atoms with van der Waals surface area (Å²) in [5.74, 6) is 1.03. The van der Waals surface area contributed by atoms with Crippen molar-refractivity contribution in [3.63, 3.8) is 0 Å². The molecule has 5 heteroatoms. The highest BCUT2D eigenvalue weighted by molar-refractivity contribution is 6.30. The first-order valence-electron chi connectivity index (χ1n) is 7.76. The van der Waals surface area contributed by atoms with E-state index in [1.165, 1.54) is 5.39 Å². The predicted molar refractivity (Wildman–Crippen MR) is 89.6 cm³/mol. The van der Waals surface area contributed by atoms with Crippen LogP contribution in [0.4, 0.5) is 0 Å². The third kappa shape index (κ3) is 3.13. The van der Waals surface area contributed by atoms with Crippen molar-refractivity contribution in [3.05, 3.63) is 59.6 Å². The second-order valence-electron chi connectivity index (χ2n) is 5.93. The first-order chi connectivity index (χ1) is 11.3. The fourth-order valence-electron chi connectivity index (χ4n) is 3.00. The summed E-state index contributed by atoms with van der Waals surface area (Å²) >= 11 is 5.96. The Morgan fingerprint density at radius 3 is 2.74 bits per heavy atom. The average Bonchev–Trinajstić information content (AvgIpc) is 2.54. The highest BCUT2D eigenvalue weighted by atomic mass is 35.5. The van der Waals surface area contributed by atoms with Crippen LogP contribution < -0.4 is 4.74 Å². The number of para-hydroxylation sites is 1. The highest BCUT2D eigenvalue weighted by Crippen LogP contribution is 2.34. The van der Waals surface area contributed by atoms with Gasteiger partial charge in [0, 0.05) is 23.5 Å². The molecule has 23 heavy (non-hydrogen) atoms. The zero-order chi connectivity index (χ0) is 15.6. The number of halogens is 1. The maximum atomic E-state index is 5.96. The van der Waals surface area contributed by atoms with E-state index in [1.54, 1.807) is 12.4 Å². The molecule has 0 N–H and O–H groups in total. The van der Waals surface area contributed by atoms with Crippen LogP contribution >= 0.6 is 11.6 Å². The minimum atomic E-state index is 0.176. The number of hydrogen-bond acceptors (Lipinski definition) is 4. The summed E-state index contributed by atoms with van der Waals surface area (Å²) in [6.07, 6.45) is 6.32. The van der Waals surface area contributed by atoms with Gasteiger partial charge < -0.3 is 4.74 Å². The molecule has 1 fully saturated rings. The van der Waals surface area contributed by atoms with Gasteiger partial charge in [-0.1, -0.05) is 35.9 Å². The molecule has 0 spiro atoms. The quantitative estimate of drug-likeness (QED) is 0.725. The van der Waals surface area contributed by atoms with Gasteiger partial charge in [-0.25, -0.2) is 9.97 Å². The molecule has 0 saturated heterocycles. The van der Waals surface area contributed by atoms with Gasteiger partial charge in [0.15, 0.2) is 5.15 Å². The van der Waals surface area contributed by atoms with Crippen LogP contribution in [0, 0.1) is 5.92 Å². The lowest BCUT2D eigenvalue weighted by Gasteiger charge is -2.34. The minimum absolute atomic E-state index is 0.176. The number of pyridine rings is 1. The molecule has 4 nitrogen and oxygen atoms in total. The molecule has 0 bridgehead atoms. The molecule has 1 aliphatic rings. The van der Waals surface area contributed by atoms with Gasteiger partial charge in [0.05, 0.1) is 5.52 Å². The molecular weight excluding hydrogens is 310 g/mol. The molecular formula is C18H16ClN3O. The third-order valence-corrected chi connectivity index (χ3v) is 4.51. The van der Waals surface area contributed by atoms with Crippen molar-refractivity contribution in [2.75, 3.05) is 0 Å². The van der Waals surface area contributed by atoms with E-state index in [-0.39, 0.29) is 6.10 Å². The molecule has 1 aliphatic carbocycles. The SMILES string of the molecule is Clc1nccnc1OC1CC(Cc2ccc3ccccc3n2)C1. The maximum absolute atomic E-state index is 5.96. The summed E-state index contributed by atoms with van der Waals surface area (Å²) in [7, 11) is 0. The van der Waals surface area contributed by atoms with Gasteiger partial charge in [-0.3, -0.25) is 4.98 Å². The van der Waals surface area contributed by atoms with Gasteiger partial charge in [0.2, 0.25) is 0 Å². The van der Waals surface area contributed by atoms with Crippen molar-refractivity contribution in [2.24, 2.45) is 5.92 Å². The highest BCUT2D eigenvalue weighted by Gasteiger charge is 2.32. The van der Waals surface area contributed by atoms with Crippen LogP contribution in [0.3, 0.4) is 0 Å². The van der Waals surface area contributed by atoms with E-state index in [4.69, 9.17) is 21.3 Å². The molecule has 0 amide bonds. The number of fused-ring (bicyclic) bond motifs is 1. The fourth-order valence-corrected chi connectivity index (χ4v) is 3.15. The van der Waals surface area contributed by atoms with Crippen LogP contribution in [0.2, 0.25) is 5.15 Å². The Balaban J connectivity index is 1.36. The van der Waals surface area contributed by atoms with Crippen molar-refractivity contribution in [1.82, 2.24) is 15.0 Å². The first kappa shape index (κ1) is 14.4. The number of aromatic nitrogens is 3. The Morgan fingerprint density at radius 1 is 1.04 bits per heavy atom. The molecule has 0 unspecified atom stereocenters. The van der Waals surface area contributed by atoms with Crippen LogP contribution in [-0.2, 0) is 6.42 Å². The Bertz CT molecular complexity index is 833. The van der Waals surface area contributed by atoms with E-state index >= 15 is 0 Å². The van der Waals surface area contributed by atoms with Crippen molar-refractivity contribution < 1.29 is 4.74 Å². The zero-order valence-corrected chi connectivity index (χ0v) is 13.3. The van der Waals surface area contributed by atoms with Crippen LogP contribution in [0.15, 0.2) is 48.8 Å². The summed E-state index contributed by atoms with van der Waals surface area (Å²) < 4.78 is 5.79. The zero-order valence-electron chi connectivity index (χ0n) is 12.5. The molecule has 0 atom stereocenters. The Morgan fingerprint density at radius 2 is 1.87 bits per heavy atom. The van der Waals surface area contributed by atoms with E-state index in [2.05, 4.69) is 34.2 Å². The lowest BCUT2D eigenvalue weighted by atomic mass is 9.79. The molecule has 4 rings (SSSR count). The second-order valence-corrected chi connectivity index (χ2v) is 6.29. The second kappa shape index (κ2) is 6.13. The van der Waals surface area contributed by atoms with E-state index in [0.29, 0.717) is 17.0 Å². The standard InChI is InChI=1S/C18H16ClN3O/c19-17-18(21-8-7-20-17)23-15-10-12(11-15)9-14-6-5-13-3-1-2-4-16(13)22-14/h1-8,12,15H,9-11H2. The predicted octanol–water partition coefficient (Wildman–Crippen LogP) is 4.08. The topological polar surface area (TPSA) is 47.9 Å². The lowest BCUT2D eigenvalue weighted by Crippen LogP contribution is -2.35. The van der Waals surface area contributed by atoms with Gasteiger partial charge in [-0.15, -0.1) is 0 Å². The summed E-state index contributed by atoms with van der Waals surface area (Å²) in [4.78, 5) is 12.8. The van der Waals surface area contributed by atoms with Crippen molar-refractivity contribution in [1.29, 1.82) is 0 Å². The summed E-state index contributed by atoms with van der Waals surface area (Å²) in [6.45, 7) is 0. The van der Waals surface area contributed by atoms with E-state index in [9.17, 15) is 0 Å². The van der Waals surface area contributed by atoms with Crippen molar-refractivity contribution in [2.45, 2.75) is 25.4 Å². The molecule has 2 aromatic heterocycles. The molecule has 0 radical (unpaired) electrons. The van der Waals surface area contributed by atoms with E-state index in [1.807, 2.05) is 12.1 Å². The van der Waals surface area contributed by atoms with Crippen molar-refractivity contribution in [3.8, 4) is 5.88 Å². The lowest BCUT2D eigenvalue weighted by molar-refractivity contribution is 0.0604. The molecule has 116 valence electrons. The molecule has 3 aromatic rings. The van der Waals surface area contributed by atoms with Crippen LogP contribution in [0.1, 0.15) is 18.5 Å². The fraction of sp³-hybridized carbons (Fsp3) is 0.278. The Hall–Kier alpha value is -2.20. The minimum Gasteiger partial charge on any atom is -0.472 e. The summed E-state index contributed by atoms with van der Waals surface area (Å²) in [5.41, 5.74) is 2.20. The van der Waals surface area contributed by atoms with Gasteiger partial charge in [0.25, 0.3) is 5.88 Å². The van der Waals surface area contributed by atoms with Crippen LogP contribution in [0.25, 0.3) is 10.9 Å². The van der Waals surface area contributed by atoms with Crippen molar-refractivity contribution >= 4 is 22.5 Å². The Labute approximate surface area is 139 Å². The molecule has 1 aromatic carbocycles. The monoisotopic (exact) mass is 325 g/mol. The summed E-state index contributed by atoms with van der Waals surface area (Å²) in [5, 5.41) is 1.51. The maximum Gasteiger partial charge on any atom is 0.252 e. The van der Waals surface area contributed by atoms with Gasteiger partial charge in [0.1, 0.15) is 6.10 Å². The third-order valence-electron chi connectivity index (χ3n) is 4.25. The van der Waals surface area contributed by atoms with E-state index in [0.717, 1.165) is 30.5 Å². The molecule has 1 saturated carbocycles. The molecule has 0 aliphatic heterocycles. The van der Waals surface area contributed by atoms with Gasteiger partial charge in [-0.2, -0.15) is 0 Å². The average molecular weight is 326 g/mol. The smallest absolute Gasteiger partial charge is 0.252 e. The number of ether oxygens (including phenoxy) is 1. The normalized spacial score (nSPS) is 20.2. The number of hydrogen-bond donors (Lipinski definition) is 0. The van der Waals surface area contributed by atoms with Crippen LogP contribution in [-0.4, -0.2) is 21.1 Å². The van der Waals surface area contributed by atoms with Crippen LogP contribution in [0.5, 0.6) is 5.88 Å². The largest absolute Gasteiger partial charge is 0.472 e. The Kier molecular flexibility index (Phi) is 3.83.